The molecule has 0 aliphatic carbocycles. The Hall–Kier alpha value is -3.09. The maximum absolute atomic E-state index is 13.6. The molecule has 6 nitrogen and oxygen atoms in total. The Kier molecular flexibility index (Phi) is 6.93. The summed E-state index contributed by atoms with van der Waals surface area (Å²) in [4.78, 5) is 18.2. The Morgan fingerprint density at radius 1 is 0.969 bits per heavy atom. The second-order valence-electron chi connectivity index (χ2n) is 8.21. The number of anilines is 1. The molecule has 4 rings (SSSR count). The van der Waals surface area contributed by atoms with Crippen LogP contribution in [0.1, 0.15) is 22.9 Å². The summed E-state index contributed by atoms with van der Waals surface area (Å²) in [7, 11) is 1.63. The van der Waals surface area contributed by atoms with Crippen molar-refractivity contribution in [2.24, 2.45) is 0 Å². The van der Waals surface area contributed by atoms with Gasteiger partial charge in [-0.05, 0) is 30.7 Å². The van der Waals surface area contributed by atoms with Crippen LogP contribution in [0.3, 0.4) is 0 Å². The normalized spacial score (nSPS) is 15.6. The van der Waals surface area contributed by atoms with Gasteiger partial charge >= 0.3 is 0 Å². The van der Waals surface area contributed by atoms with Gasteiger partial charge in [-0.2, -0.15) is 0 Å². The third-order valence-corrected chi connectivity index (χ3v) is 6.23. The molecule has 3 aromatic rings. The molecule has 0 amide bonds. The molecule has 1 aliphatic rings. The Bertz CT molecular complexity index is 1070. The van der Waals surface area contributed by atoms with Crippen molar-refractivity contribution in [3.63, 3.8) is 0 Å². The summed E-state index contributed by atoms with van der Waals surface area (Å²) in [5.74, 6) is 0.0560. The molecule has 1 fully saturated rings. The topological polar surface area (TPSA) is 57.9 Å². The summed E-state index contributed by atoms with van der Waals surface area (Å²) in [6, 6.07) is 21.8. The number of hydrogen-bond donors (Lipinski definition) is 1. The molecule has 168 valence electrons. The Labute approximate surface area is 189 Å². The molecule has 2 heterocycles. The standard InChI is InChI=1S/C26H31N3O3/c1-20-19-23(30)24(26(31)29(20)17-18-32-2)25(21-9-5-3-6-10-21)28-15-13-27(14-16-28)22-11-7-4-8-12-22/h3-12,19,25,30H,13-18H2,1-2H3/t25-/m0/s1. The summed E-state index contributed by atoms with van der Waals surface area (Å²) in [6.07, 6.45) is 0. The first-order valence-corrected chi connectivity index (χ1v) is 11.1. The fraction of sp³-hybridized carbons (Fsp3) is 0.346. The fourth-order valence-electron chi connectivity index (χ4n) is 4.56. The van der Waals surface area contributed by atoms with E-state index in [2.05, 4.69) is 34.1 Å². The summed E-state index contributed by atoms with van der Waals surface area (Å²) in [6.45, 7) is 6.04. The highest BCUT2D eigenvalue weighted by molar-refractivity contribution is 5.47. The number of nitrogens with zero attached hydrogens (tertiary/aromatic N) is 3. The first kappa shape index (κ1) is 22.1. The van der Waals surface area contributed by atoms with Crippen molar-refractivity contribution >= 4 is 5.69 Å². The molecule has 0 bridgehead atoms. The van der Waals surface area contributed by atoms with Crippen molar-refractivity contribution in [2.45, 2.75) is 19.5 Å². The number of ether oxygens (including phenoxy) is 1. The molecule has 0 unspecified atom stereocenters. The Morgan fingerprint density at radius 2 is 1.59 bits per heavy atom. The smallest absolute Gasteiger partial charge is 0.259 e. The number of aryl methyl sites for hydroxylation is 1. The van der Waals surface area contributed by atoms with Gasteiger partial charge in [-0.25, -0.2) is 0 Å². The van der Waals surface area contributed by atoms with Crippen molar-refractivity contribution in [2.75, 3.05) is 44.8 Å². The van der Waals surface area contributed by atoms with E-state index in [1.807, 2.05) is 43.3 Å². The molecule has 6 heteroatoms. The Balaban J connectivity index is 1.70. The summed E-state index contributed by atoms with van der Waals surface area (Å²) >= 11 is 0. The van der Waals surface area contributed by atoms with Crippen LogP contribution in [0.5, 0.6) is 5.75 Å². The van der Waals surface area contributed by atoms with E-state index in [1.54, 1.807) is 17.7 Å². The molecular formula is C26H31N3O3. The third-order valence-electron chi connectivity index (χ3n) is 6.23. The van der Waals surface area contributed by atoms with Gasteiger partial charge < -0.3 is 19.3 Å². The molecule has 2 aromatic carbocycles. The van der Waals surface area contributed by atoms with Gasteiger partial charge in [-0.3, -0.25) is 9.69 Å². The number of benzene rings is 2. The lowest BCUT2D eigenvalue weighted by molar-refractivity contribution is 0.183. The molecule has 0 spiro atoms. The van der Waals surface area contributed by atoms with Crippen LogP contribution in [0.2, 0.25) is 0 Å². The minimum atomic E-state index is -0.309. The fourth-order valence-corrected chi connectivity index (χ4v) is 4.56. The van der Waals surface area contributed by atoms with Gasteiger partial charge in [0.25, 0.3) is 5.56 Å². The van der Waals surface area contributed by atoms with Crippen LogP contribution in [0.25, 0.3) is 0 Å². The highest BCUT2D eigenvalue weighted by Crippen LogP contribution is 2.33. The summed E-state index contributed by atoms with van der Waals surface area (Å²) in [5, 5.41) is 10.9. The van der Waals surface area contributed by atoms with Crippen LogP contribution in [0, 0.1) is 6.92 Å². The van der Waals surface area contributed by atoms with Crippen LogP contribution in [0.4, 0.5) is 5.69 Å². The number of aromatic hydroxyl groups is 1. The number of hydrogen-bond acceptors (Lipinski definition) is 5. The molecule has 1 aromatic heterocycles. The number of pyridine rings is 1. The van der Waals surface area contributed by atoms with E-state index >= 15 is 0 Å². The maximum atomic E-state index is 13.6. The minimum absolute atomic E-state index is 0.0560. The number of aromatic nitrogens is 1. The highest BCUT2D eigenvalue weighted by Gasteiger charge is 2.31. The number of piperazine rings is 1. The van der Waals surface area contributed by atoms with Crippen LogP contribution >= 0.6 is 0 Å². The molecule has 1 saturated heterocycles. The quantitative estimate of drug-likeness (QED) is 0.619. The molecule has 0 radical (unpaired) electrons. The van der Waals surface area contributed by atoms with Gasteiger partial charge in [0.05, 0.1) is 18.2 Å². The lowest BCUT2D eigenvalue weighted by Gasteiger charge is -2.40. The molecule has 1 aliphatic heterocycles. The van der Waals surface area contributed by atoms with Crippen LogP contribution in [-0.2, 0) is 11.3 Å². The molecule has 1 N–H and O–H groups in total. The van der Waals surface area contributed by atoms with E-state index in [1.165, 1.54) is 5.69 Å². The lowest BCUT2D eigenvalue weighted by atomic mass is 9.96. The minimum Gasteiger partial charge on any atom is -0.507 e. The average Bonchev–Trinajstić information content (AvgIpc) is 2.83. The van der Waals surface area contributed by atoms with Gasteiger partial charge in [0.2, 0.25) is 0 Å². The monoisotopic (exact) mass is 433 g/mol. The van der Waals surface area contributed by atoms with Crippen molar-refractivity contribution in [1.82, 2.24) is 9.47 Å². The van der Waals surface area contributed by atoms with Crippen molar-refractivity contribution in [1.29, 1.82) is 0 Å². The SMILES string of the molecule is COCCn1c(C)cc(O)c([C@H](c2ccccc2)N2CCN(c3ccccc3)CC2)c1=O. The van der Waals surface area contributed by atoms with E-state index in [0.717, 1.165) is 37.4 Å². The van der Waals surface area contributed by atoms with E-state index in [4.69, 9.17) is 4.74 Å². The van der Waals surface area contributed by atoms with Gasteiger partial charge in [-0.1, -0.05) is 48.5 Å². The van der Waals surface area contributed by atoms with Gasteiger partial charge in [0.1, 0.15) is 5.75 Å². The Morgan fingerprint density at radius 3 is 2.22 bits per heavy atom. The number of para-hydroxylation sites is 1. The second-order valence-corrected chi connectivity index (χ2v) is 8.21. The molecule has 32 heavy (non-hydrogen) atoms. The number of methoxy groups -OCH3 is 1. The largest absolute Gasteiger partial charge is 0.507 e. The summed E-state index contributed by atoms with van der Waals surface area (Å²) in [5.41, 5.74) is 3.23. The maximum Gasteiger partial charge on any atom is 0.259 e. The van der Waals surface area contributed by atoms with Gasteiger partial charge in [0, 0.05) is 51.2 Å². The summed E-state index contributed by atoms with van der Waals surface area (Å²) < 4.78 is 6.91. The average molecular weight is 434 g/mol. The zero-order valence-electron chi connectivity index (χ0n) is 18.8. The zero-order valence-corrected chi connectivity index (χ0v) is 18.8. The molecule has 1 atom stereocenters. The van der Waals surface area contributed by atoms with Crippen molar-refractivity contribution in [3.05, 3.63) is 93.9 Å². The second kappa shape index (κ2) is 10.0. The van der Waals surface area contributed by atoms with E-state index in [-0.39, 0.29) is 17.4 Å². The van der Waals surface area contributed by atoms with Crippen molar-refractivity contribution in [3.8, 4) is 5.75 Å². The van der Waals surface area contributed by atoms with Crippen LogP contribution in [-0.4, -0.2) is 54.5 Å². The van der Waals surface area contributed by atoms with Gasteiger partial charge in [-0.15, -0.1) is 0 Å². The van der Waals surface area contributed by atoms with Crippen LogP contribution < -0.4 is 10.5 Å². The predicted octanol–water partition coefficient (Wildman–Crippen LogP) is 3.42. The van der Waals surface area contributed by atoms with E-state index < -0.39 is 0 Å². The predicted molar refractivity (Wildman–Crippen MR) is 127 cm³/mol. The third kappa shape index (κ3) is 4.56. The van der Waals surface area contributed by atoms with E-state index in [9.17, 15) is 9.90 Å². The van der Waals surface area contributed by atoms with E-state index in [0.29, 0.717) is 18.7 Å². The highest BCUT2D eigenvalue weighted by atomic mass is 16.5. The first-order chi connectivity index (χ1) is 15.6. The zero-order chi connectivity index (χ0) is 22.5. The van der Waals surface area contributed by atoms with Gasteiger partial charge in [0.15, 0.2) is 0 Å². The molecular weight excluding hydrogens is 402 g/mol. The molecule has 0 saturated carbocycles. The lowest BCUT2D eigenvalue weighted by Crippen LogP contribution is -2.49. The number of rotatable bonds is 7. The first-order valence-electron chi connectivity index (χ1n) is 11.1. The van der Waals surface area contributed by atoms with Crippen LogP contribution in [0.15, 0.2) is 71.5 Å². The van der Waals surface area contributed by atoms with Crippen molar-refractivity contribution < 1.29 is 9.84 Å².